The number of rotatable bonds is 4. The maximum absolute atomic E-state index is 14.1. The lowest BCUT2D eigenvalue weighted by Crippen LogP contribution is -2.15. The Bertz CT molecular complexity index is 773. The van der Waals surface area contributed by atoms with Gasteiger partial charge < -0.3 is 5.73 Å². The van der Waals surface area contributed by atoms with Crippen molar-refractivity contribution in [1.82, 2.24) is 0 Å². The van der Waals surface area contributed by atoms with Crippen LogP contribution in [0.4, 0.5) is 15.8 Å². The van der Waals surface area contributed by atoms with Gasteiger partial charge in [-0.25, -0.2) is 12.8 Å². The Morgan fingerprint density at radius 3 is 2.62 bits per heavy atom. The Labute approximate surface area is 123 Å². The first kappa shape index (κ1) is 15.3. The highest BCUT2D eigenvalue weighted by atomic mass is 32.2. The van der Waals surface area contributed by atoms with Gasteiger partial charge in [0, 0.05) is 11.4 Å². The predicted octanol–water partition coefficient (Wildman–Crippen LogP) is 3.08. The maximum Gasteiger partial charge on any atom is 0.264 e. The van der Waals surface area contributed by atoms with Crippen molar-refractivity contribution in [3.05, 3.63) is 53.3 Å². The molecule has 0 heterocycles. The van der Waals surface area contributed by atoms with E-state index < -0.39 is 20.7 Å². The molecule has 21 heavy (non-hydrogen) atoms. The van der Waals surface area contributed by atoms with E-state index in [1.165, 1.54) is 13.0 Å². The number of nitrogen functional groups attached to an aromatic ring is 1. The van der Waals surface area contributed by atoms with Crippen LogP contribution in [0.1, 0.15) is 18.1 Å². The van der Waals surface area contributed by atoms with Gasteiger partial charge in [-0.1, -0.05) is 19.1 Å². The number of nitrogens with two attached hydrogens (primary N) is 1. The summed E-state index contributed by atoms with van der Waals surface area (Å²) in [6.45, 7) is 3.44. The second-order valence-corrected chi connectivity index (χ2v) is 6.46. The van der Waals surface area contributed by atoms with Gasteiger partial charge in [0.15, 0.2) is 0 Å². The molecule has 0 atom stereocenters. The number of anilines is 2. The highest BCUT2D eigenvalue weighted by molar-refractivity contribution is 7.92. The molecule has 0 aliphatic carbocycles. The van der Waals surface area contributed by atoms with Crippen molar-refractivity contribution in [1.29, 1.82) is 0 Å². The number of nitrogens with one attached hydrogen (secondary N) is 1. The van der Waals surface area contributed by atoms with Crippen molar-refractivity contribution in [3.8, 4) is 0 Å². The summed E-state index contributed by atoms with van der Waals surface area (Å²) >= 11 is 0. The molecule has 0 spiro atoms. The molecule has 112 valence electrons. The number of aryl methyl sites for hydroxylation is 2. The number of sulfonamides is 1. The fourth-order valence-corrected chi connectivity index (χ4v) is 3.26. The van der Waals surface area contributed by atoms with Crippen molar-refractivity contribution in [2.45, 2.75) is 25.2 Å². The molecule has 3 N–H and O–H groups in total. The average molecular weight is 308 g/mol. The summed E-state index contributed by atoms with van der Waals surface area (Å²) in [5.74, 6) is -0.789. The van der Waals surface area contributed by atoms with E-state index >= 15 is 0 Å². The van der Waals surface area contributed by atoms with Crippen molar-refractivity contribution in [2.24, 2.45) is 0 Å². The molecule has 0 radical (unpaired) electrons. The van der Waals surface area contributed by atoms with E-state index in [-0.39, 0.29) is 11.3 Å². The highest BCUT2D eigenvalue weighted by Gasteiger charge is 2.21. The summed E-state index contributed by atoms with van der Waals surface area (Å²) in [6.07, 6.45) is 0.779. The average Bonchev–Trinajstić information content (AvgIpc) is 2.42. The van der Waals surface area contributed by atoms with Gasteiger partial charge in [0.25, 0.3) is 10.0 Å². The van der Waals surface area contributed by atoms with Gasteiger partial charge in [-0.3, -0.25) is 4.72 Å². The van der Waals surface area contributed by atoms with Gasteiger partial charge in [0.2, 0.25) is 0 Å². The van der Waals surface area contributed by atoms with Crippen LogP contribution < -0.4 is 10.5 Å². The van der Waals surface area contributed by atoms with Crippen LogP contribution in [0.15, 0.2) is 41.3 Å². The smallest absolute Gasteiger partial charge is 0.264 e. The Morgan fingerprint density at radius 2 is 1.95 bits per heavy atom. The van der Waals surface area contributed by atoms with Crippen molar-refractivity contribution < 1.29 is 12.8 Å². The first-order valence-corrected chi connectivity index (χ1v) is 7.99. The molecule has 0 bridgehead atoms. The van der Waals surface area contributed by atoms with E-state index in [2.05, 4.69) is 4.72 Å². The lowest BCUT2D eigenvalue weighted by Gasteiger charge is -2.11. The Balaban J connectivity index is 2.43. The summed E-state index contributed by atoms with van der Waals surface area (Å²) < 4.78 is 41.1. The zero-order valence-electron chi connectivity index (χ0n) is 11.9. The topological polar surface area (TPSA) is 72.2 Å². The number of hydrogen-bond acceptors (Lipinski definition) is 3. The molecule has 0 aromatic heterocycles. The van der Waals surface area contributed by atoms with E-state index in [0.717, 1.165) is 18.1 Å². The minimum Gasteiger partial charge on any atom is -0.399 e. The Hall–Kier alpha value is -2.08. The van der Waals surface area contributed by atoms with E-state index in [0.29, 0.717) is 5.69 Å². The molecule has 0 aliphatic rings. The lowest BCUT2D eigenvalue weighted by atomic mass is 10.1. The van der Waals surface area contributed by atoms with Gasteiger partial charge in [0.05, 0.1) is 0 Å². The molecule has 0 saturated heterocycles. The third kappa shape index (κ3) is 3.33. The normalized spacial score (nSPS) is 11.4. The van der Waals surface area contributed by atoms with Crippen LogP contribution in [0, 0.1) is 12.7 Å². The van der Waals surface area contributed by atoms with Gasteiger partial charge in [-0.05, 0) is 48.7 Å². The molecule has 6 heteroatoms. The summed E-state index contributed by atoms with van der Waals surface area (Å²) in [7, 11) is -4.02. The van der Waals surface area contributed by atoms with Crippen LogP contribution in [-0.4, -0.2) is 8.42 Å². The van der Waals surface area contributed by atoms with E-state index in [1.54, 1.807) is 18.2 Å². The molecule has 2 aromatic rings. The van der Waals surface area contributed by atoms with Crippen molar-refractivity contribution in [3.63, 3.8) is 0 Å². The summed E-state index contributed by atoms with van der Waals surface area (Å²) in [5, 5.41) is 0. The van der Waals surface area contributed by atoms with Crippen LogP contribution in [0.5, 0.6) is 0 Å². The molecular formula is C15H17FN2O2S. The third-order valence-electron chi connectivity index (χ3n) is 3.12. The van der Waals surface area contributed by atoms with Gasteiger partial charge in [-0.15, -0.1) is 0 Å². The fourth-order valence-electron chi connectivity index (χ4n) is 2.02. The zero-order valence-corrected chi connectivity index (χ0v) is 12.7. The van der Waals surface area contributed by atoms with Crippen molar-refractivity contribution >= 4 is 21.4 Å². The van der Waals surface area contributed by atoms with Gasteiger partial charge >= 0.3 is 0 Å². The monoisotopic (exact) mass is 308 g/mol. The molecule has 0 saturated carbocycles. The van der Waals surface area contributed by atoms with E-state index in [9.17, 15) is 12.8 Å². The van der Waals surface area contributed by atoms with Crippen LogP contribution >= 0.6 is 0 Å². The maximum atomic E-state index is 14.1. The molecule has 2 rings (SSSR count). The molecular weight excluding hydrogens is 291 g/mol. The predicted molar refractivity (Wildman–Crippen MR) is 82.2 cm³/mol. The van der Waals surface area contributed by atoms with Gasteiger partial charge in [0.1, 0.15) is 10.7 Å². The fraction of sp³-hybridized carbons (Fsp3) is 0.200. The van der Waals surface area contributed by atoms with E-state index in [4.69, 9.17) is 5.73 Å². The quantitative estimate of drug-likeness (QED) is 0.853. The summed E-state index contributed by atoms with van der Waals surface area (Å²) in [6, 6.07) is 9.49. The minimum atomic E-state index is -4.02. The van der Waals surface area contributed by atoms with Crippen molar-refractivity contribution in [2.75, 3.05) is 10.5 Å². The molecule has 0 fully saturated rings. The summed E-state index contributed by atoms with van der Waals surface area (Å²) in [4.78, 5) is -0.443. The number of benzene rings is 2. The molecule has 0 amide bonds. The number of halogens is 1. The third-order valence-corrected chi connectivity index (χ3v) is 4.50. The first-order valence-electron chi connectivity index (χ1n) is 6.51. The van der Waals surface area contributed by atoms with Crippen LogP contribution in [0.25, 0.3) is 0 Å². The lowest BCUT2D eigenvalue weighted by molar-refractivity contribution is 0.565. The second kappa shape index (κ2) is 5.73. The van der Waals surface area contributed by atoms with Crippen LogP contribution in [0.2, 0.25) is 0 Å². The van der Waals surface area contributed by atoms with Crippen LogP contribution in [0.3, 0.4) is 0 Å². The molecule has 4 nitrogen and oxygen atoms in total. The second-order valence-electron chi connectivity index (χ2n) is 4.81. The Kier molecular flexibility index (Phi) is 4.18. The molecule has 2 aromatic carbocycles. The molecule has 0 aliphatic heterocycles. The SMILES string of the molecule is CCc1cccc(NS(=O)(=O)c2cc(N)cc(C)c2F)c1. The molecule has 0 unspecified atom stereocenters. The summed E-state index contributed by atoms with van der Waals surface area (Å²) in [5.41, 5.74) is 7.39. The number of hydrogen-bond donors (Lipinski definition) is 2. The minimum absolute atomic E-state index is 0.192. The standard InChI is InChI=1S/C15H17FN2O2S/c1-3-11-5-4-6-13(8-11)18-21(19,20)14-9-12(17)7-10(2)15(14)16/h4-9,18H,3,17H2,1-2H3. The van der Waals surface area contributed by atoms with Crippen LogP contribution in [-0.2, 0) is 16.4 Å². The first-order chi connectivity index (χ1) is 9.83. The Morgan fingerprint density at radius 1 is 1.24 bits per heavy atom. The highest BCUT2D eigenvalue weighted by Crippen LogP contribution is 2.24. The zero-order chi connectivity index (χ0) is 15.6. The largest absolute Gasteiger partial charge is 0.399 e. The van der Waals surface area contributed by atoms with E-state index in [1.807, 2.05) is 13.0 Å². The van der Waals surface area contributed by atoms with Gasteiger partial charge in [-0.2, -0.15) is 0 Å².